The van der Waals surface area contributed by atoms with E-state index in [9.17, 15) is 4.79 Å². The van der Waals surface area contributed by atoms with Crippen molar-refractivity contribution in [3.8, 4) is 0 Å². The number of carbonyl (C=O) groups excluding carboxylic acids is 1. The Bertz CT molecular complexity index is 1130. The number of benzene rings is 2. The lowest BCUT2D eigenvalue weighted by atomic mass is 9.97. The van der Waals surface area contributed by atoms with E-state index < -0.39 is 0 Å². The highest BCUT2D eigenvalue weighted by Gasteiger charge is 2.24. The summed E-state index contributed by atoms with van der Waals surface area (Å²) in [6.07, 6.45) is 3.86. The Balaban J connectivity index is 1.19. The molecule has 0 saturated carbocycles. The van der Waals surface area contributed by atoms with E-state index in [0.717, 1.165) is 48.0 Å². The van der Waals surface area contributed by atoms with Crippen LogP contribution < -0.4 is 5.32 Å². The number of aromatic nitrogens is 2. The Morgan fingerprint density at radius 3 is 2.72 bits per heavy atom. The molecule has 1 aliphatic heterocycles. The number of amides is 1. The van der Waals surface area contributed by atoms with Crippen molar-refractivity contribution >= 4 is 44.1 Å². The normalized spacial score (nSPS) is 15.7. The lowest BCUT2D eigenvalue weighted by molar-refractivity contribution is -0.117. The number of nitrogens with zero attached hydrogens (tertiary/aromatic N) is 3. The van der Waals surface area contributed by atoms with Gasteiger partial charge in [0.25, 0.3) is 0 Å². The van der Waals surface area contributed by atoms with Crippen molar-refractivity contribution in [2.24, 2.45) is 0 Å². The second-order valence-electron chi connectivity index (χ2n) is 7.49. The molecule has 1 fully saturated rings. The third-order valence-corrected chi connectivity index (χ3v) is 6.73. The van der Waals surface area contributed by atoms with Crippen LogP contribution in [0.1, 0.15) is 23.8 Å². The molecule has 0 spiro atoms. The zero-order valence-electron chi connectivity index (χ0n) is 16.0. The number of hydrogen-bond acceptors (Lipinski definition) is 5. The van der Waals surface area contributed by atoms with Gasteiger partial charge in [-0.3, -0.25) is 14.7 Å². The Labute approximate surface area is 173 Å². The number of rotatable bonds is 4. The average molecular weight is 403 g/mol. The minimum atomic E-state index is 0.0276. The minimum absolute atomic E-state index is 0.0276. The third-order valence-electron chi connectivity index (χ3n) is 5.53. The van der Waals surface area contributed by atoms with Gasteiger partial charge in [0, 0.05) is 17.5 Å². The lowest BCUT2D eigenvalue weighted by Crippen LogP contribution is -2.38. The number of carbonyl (C=O) groups is 1. The molecular weight excluding hydrogens is 380 g/mol. The highest BCUT2D eigenvalue weighted by Crippen LogP contribution is 2.33. The van der Waals surface area contributed by atoms with Crippen LogP contribution in [0.25, 0.3) is 21.1 Å². The van der Waals surface area contributed by atoms with Crippen molar-refractivity contribution in [1.82, 2.24) is 14.9 Å². The van der Waals surface area contributed by atoms with Crippen molar-refractivity contribution in [2.75, 3.05) is 25.0 Å². The Kier molecular flexibility index (Phi) is 4.96. The van der Waals surface area contributed by atoms with Gasteiger partial charge in [-0.05, 0) is 62.3 Å². The van der Waals surface area contributed by atoms with E-state index in [1.165, 1.54) is 9.71 Å². The Morgan fingerprint density at radius 1 is 1.03 bits per heavy atom. The molecule has 0 aliphatic carbocycles. The molecule has 0 unspecified atom stereocenters. The highest BCUT2D eigenvalue weighted by atomic mass is 32.1. The molecule has 2 aromatic carbocycles. The zero-order valence-corrected chi connectivity index (χ0v) is 16.9. The van der Waals surface area contributed by atoms with Gasteiger partial charge in [0.15, 0.2) is 0 Å². The van der Waals surface area contributed by atoms with Crippen LogP contribution in [-0.2, 0) is 4.79 Å². The summed E-state index contributed by atoms with van der Waals surface area (Å²) in [5, 5.41) is 5.27. The zero-order chi connectivity index (χ0) is 19.6. The molecule has 1 N–H and O–H groups in total. The number of piperidine rings is 1. The van der Waals surface area contributed by atoms with Gasteiger partial charge >= 0.3 is 0 Å². The molecule has 0 radical (unpaired) electrons. The first-order chi connectivity index (χ1) is 14.3. The van der Waals surface area contributed by atoms with E-state index in [-0.39, 0.29) is 5.91 Å². The van der Waals surface area contributed by atoms with E-state index in [1.807, 2.05) is 36.4 Å². The SMILES string of the molecule is O=C(CN1CCC(c2nc3ccccc3s2)CC1)Nc1cccc2ncccc12. The van der Waals surface area contributed by atoms with E-state index >= 15 is 0 Å². The number of fused-ring (bicyclic) bond motifs is 2. The van der Waals surface area contributed by atoms with Crippen molar-refractivity contribution in [2.45, 2.75) is 18.8 Å². The third kappa shape index (κ3) is 3.86. The van der Waals surface area contributed by atoms with Gasteiger partial charge in [0.2, 0.25) is 5.91 Å². The van der Waals surface area contributed by atoms with Crippen molar-refractivity contribution in [3.63, 3.8) is 0 Å². The van der Waals surface area contributed by atoms with Gasteiger partial charge in [-0.2, -0.15) is 0 Å². The van der Waals surface area contributed by atoms with E-state index in [0.29, 0.717) is 12.5 Å². The first kappa shape index (κ1) is 18.2. The molecule has 3 heterocycles. The molecule has 4 aromatic rings. The number of thiazole rings is 1. The standard InChI is InChI=1S/C23H22N4OS/c28-22(25-19-8-3-7-18-17(19)5-4-12-24-18)15-27-13-10-16(11-14-27)23-26-20-6-1-2-9-21(20)29-23/h1-9,12,16H,10-11,13-15H2,(H,25,28). The predicted octanol–water partition coefficient (Wildman–Crippen LogP) is 4.66. The molecule has 1 amide bonds. The summed E-state index contributed by atoms with van der Waals surface area (Å²) in [5.41, 5.74) is 2.81. The minimum Gasteiger partial charge on any atom is -0.324 e. The number of hydrogen-bond donors (Lipinski definition) is 1. The molecule has 29 heavy (non-hydrogen) atoms. The van der Waals surface area contributed by atoms with Gasteiger partial charge in [-0.15, -0.1) is 11.3 Å². The maximum atomic E-state index is 12.6. The van der Waals surface area contributed by atoms with Crippen LogP contribution in [-0.4, -0.2) is 40.4 Å². The van der Waals surface area contributed by atoms with Crippen LogP contribution in [0.4, 0.5) is 5.69 Å². The fourth-order valence-electron chi connectivity index (χ4n) is 4.01. The molecule has 146 valence electrons. The van der Waals surface area contributed by atoms with Crippen LogP contribution in [0.2, 0.25) is 0 Å². The second kappa shape index (κ2) is 7.89. The molecule has 0 atom stereocenters. The van der Waals surface area contributed by atoms with Crippen molar-refractivity contribution in [1.29, 1.82) is 0 Å². The molecule has 1 aliphatic rings. The van der Waals surface area contributed by atoms with Crippen LogP contribution in [0.3, 0.4) is 0 Å². The largest absolute Gasteiger partial charge is 0.324 e. The Morgan fingerprint density at radius 2 is 1.86 bits per heavy atom. The van der Waals surface area contributed by atoms with Gasteiger partial charge in [0.05, 0.1) is 33.0 Å². The molecule has 0 bridgehead atoms. The molecular formula is C23H22N4OS. The topological polar surface area (TPSA) is 58.1 Å². The number of nitrogens with one attached hydrogen (secondary N) is 1. The summed E-state index contributed by atoms with van der Waals surface area (Å²) in [6.45, 7) is 2.26. The highest BCUT2D eigenvalue weighted by molar-refractivity contribution is 7.18. The van der Waals surface area contributed by atoms with Crippen LogP contribution in [0.5, 0.6) is 0 Å². The number of pyridine rings is 1. The molecule has 1 saturated heterocycles. The molecule has 6 heteroatoms. The van der Waals surface area contributed by atoms with E-state index in [2.05, 4.69) is 33.4 Å². The summed E-state index contributed by atoms with van der Waals surface area (Å²) in [5.74, 6) is 0.524. The fraction of sp³-hybridized carbons (Fsp3) is 0.261. The average Bonchev–Trinajstić information content (AvgIpc) is 3.19. The van der Waals surface area contributed by atoms with Gasteiger partial charge in [-0.25, -0.2) is 4.98 Å². The number of para-hydroxylation sites is 1. The summed E-state index contributed by atoms with van der Waals surface area (Å²) in [6, 6.07) is 18.0. The van der Waals surface area contributed by atoms with Crippen molar-refractivity contribution < 1.29 is 4.79 Å². The van der Waals surface area contributed by atoms with E-state index in [1.54, 1.807) is 17.5 Å². The smallest absolute Gasteiger partial charge is 0.238 e. The molecule has 2 aromatic heterocycles. The van der Waals surface area contributed by atoms with E-state index in [4.69, 9.17) is 4.98 Å². The number of anilines is 1. The van der Waals surface area contributed by atoms with Gasteiger partial charge in [-0.1, -0.05) is 18.2 Å². The van der Waals surface area contributed by atoms with Gasteiger partial charge in [0.1, 0.15) is 0 Å². The van der Waals surface area contributed by atoms with Crippen LogP contribution in [0, 0.1) is 0 Å². The first-order valence-electron chi connectivity index (χ1n) is 9.98. The molecule has 5 rings (SSSR count). The second-order valence-corrected chi connectivity index (χ2v) is 8.56. The van der Waals surface area contributed by atoms with Crippen molar-refractivity contribution in [3.05, 3.63) is 65.8 Å². The summed E-state index contributed by atoms with van der Waals surface area (Å²) < 4.78 is 1.26. The predicted molar refractivity (Wildman–Crippen MR) is 118 cm³/mol. The fourth-order valence-corrected chi connectivity index (χ4v) is 5.14. The first-order valence-corrected chi connectivity index (χ1v) is 10.8. The summed E-state index contributed by atoms with van der Waals surface area (Å²) in [4.78, 5) is 24.0. The quantitative estimate of drug-likeness (QED) is 0.539. The number of likely N-dealkylation sites (tertiary alicyclic amines) is 1. The van der Waals surface area contributed by atoms with Gasteiger partial charge < -0.3 is 5.32 Å². The van der Waals surface area contributed by atoms with Crippen LogP contribution >= 0.6 is 11.3 Å². The maximum absolute atomic E-state index is 12.6. The monoisotopic (exact) mass is 402 g/mol. The molecule has 5 nitrogen and oxygen atoms in total. The summed E-state index contributed by atoms with van der Waals surface area (Å²) >= 11 is 1.81. The maximum Gasteiger partial charge on any atom is 0.238 e. The lowest BCUT2D eigenvalue weighted by Gasteiger charge is -2.30. The summed E-state index contributed by atoms with van der Waals surface area (Å²) in [7, 11) is 0. The van der Waals surface area contributed by atoms with Crippen LogP contribution in [0.15, 0.2) is 60.8 Å². The Hall–Kier alpha value is -2.83.